The second kappa shape index (κ2) is 6.81. The van der Waals surface area contributed by atoms with Gasteiger partial charge in [0.05, 0.1) is 0 Å². The van der Waals surface area contributed by atoms with Gasteiger partial charge in [-0.05, 0) is 51.2 Å². The van der Waals surface area contributed by atoms with Crippen molar-refractivity contribution >= 4 is 6.03 Å². The van der Waals surface area contributed by atoms with E-state index in [0.717, 1.165) is 45.6 Å². The third-order valence-corrected chi connectivity index (χ3v) is 3.64. The second-order valence-corrected chi connectivity index (χ2v) is 5.09. The lowest BCUT2D eigenvalue weighted by molar-refractivity contribution is 0.230. The number of amides is 2. The smallest absolute Gasteiger partial charge is 0.315 e. The van der Waals surface area contributed by atoms with Crippen LogP contribution < -0.4 is 21.3 Å². The number of carbonyl (C=O) groups is 1. The fourth-order valence-corrected chi connectivity index (χ4v) is 2.53. The van der Waals surface area contributed by atoms with Crippen molar-refractivity contribution in [3.8, 4) is 0 Å². The lowest BCUT2D eigenvalue weighted by Crippen LogP contribution is -2.50. The highest BCUT2D eigenvalue weighted by Crippen LogP contribution is 2.09. The summed E-state index contributed by atoms with van der Waals surface area (Å²) >= 11 is 0. The zero-order valence-corrected chi connectivity index (χ0v) is 10.4. The van der Waals surface area contributed by atoms with Crippen molar-refractivity contribution in [3.05, 3.63) is 0 Å². The van der Waals surface area contributed by atoms with Crippen LogP contribution in [0, 0.1) is 5.92 Å². The number of urea groups is 1. The van der Waals surface area contributed by atoms with Crippen molar-refractivity contribution < 1.29 is 4.79 Å². The summed E-state index contributed by atoms with van der Waals surface area (Å²) in [5.74, 6) is 0.645. The van der Waals surface area contributed by atoms with E-state index in [1.54, 1.807) is 0 Å². The molecule has 17 heavy (non-hydrogen) atoms. The molecule has 0 aromatic heterocycles. The molecule has 98 valence electrons. The molecular weight excluding hydrogens is 216 g/mol. The monoisotopic (exact) mass is 240 g/mol. The molecule has 2 rings (SSSR count). The van der Waals surface area contributed by atoms with Crippen molar-refractivity contribution in [1.29, 1.82) is 0 Å². The van der Waals surface area contributed by atoms with Gasteiger partial charge in [0, 0.05) is 19.1 Å². The maximum Gasteiger partial charge on any atom is 0.315 e. The Morgan fingerprint density at radius 2 is 1.94 bits per heavy atom. The predicted octanol–water partition coefficient (Wildman–Crippen LogP) is 0.0372. The molecule has 2 heterocycles. The number of carbonyl (C=O) groups excluding carboxylic acids is 1. The van der Waals surface area contributed by atoms with Crippen molar-refractivity contribution in [2.24, 2.45) is 5.92 Å². The normalized spacial score (nSPS) is 26.5. The highest BCUT2D eigenvalue weighted by atomic mass is 16.2. The Hall–Kier alpha value is -0.810. The summed E-state index contributed by atoms with van der Waals surface area (Å²) in [5, 5.41) is 12.7. The van der Waals surface area contributed by atoms with Crippen LogP contribution in [0.15, 0.2) is 0 Å². The van der Waals surface area contributed by atoms with Crippen LogP contribution in [-0.2, 0) is 0 Å². The molecule has 0 radical (unpaired) electrons. The minimum atomic E-state index is -0.00256. The number of piperidine rings is 2. The molecule has 1 atom stereocenters. The Labute approximate surface area is 103 Å². The van der Waals surface area contributed by atoms with Gasteiger partial charge in [0.1, 0.15) is 0 Å². The molecule has 2 aliphatic heterocycles. The summed E-state index contributed by atoms with van der Waals surface area (Å²) in [6, 6.07) is 0.300. The van der Waals surface area contributed by atoms with E-state index in [0.29, 0.717) is 12.0 Å². The van der Waals surface area contributed by atoms with E-state index >= 15 is 0 Å². The van der Waals surface area contributed by atoms with Crippen molar-refractivity contribution in [1.82, 2.24) is 21.3 Å². The Kier molecular flexibility index (Phi) is 5.07. The highest BCUT2D eigenvalue weighted by molar-refractivity contribution is 5.74. The van der Waals surface area contributed by atoms with E-state index in [4.69, 9.17) is 0 Å². The highest BCUT2D eigenvalue weighted by Gasteiger charge is 2.17. The van der Waals surface area contributed by atoms with E-state index in [9.17, 15) is 4.79 Å². The minimum Gasteiger partial charge on any atom is -0.338 e. The number of nitrogens with one attached hydrogen (secondary N) is 4. The van der Waals surface area contributed by atoms with E-state index in [1.807, 2.05) is 0 Å². The first kappa shape index (κ1) is 12.6. The number of rotatable bonds is 3. The molecule has 0 bridgehead atoms. The predicted molar refractivity (Wildman–Crippen MR) is 68.0 cm³/mol. The van der Waals surface area contributed by atoms with Crippen LogP contribution in [-0.4, -0.2) is 44.8 Å². The molecule has 2 amide bonds. The van der Waals surface area contributed by atoms with E-state index in [2.05, 4.69) is 21.3 Å². The first-order valence-corrected chi connectivity index (χ1v) is 6.80. The van der Waals surface area contributed by atoms with E-state index in [-0.39, 0.29) is 6.03 Å². The topological polar surface area (TPSA) is 65.2 Å². The third kappa shape index (κ3) is 4.52. The largest absolute Gasteiger partial charge is 0.338 e. The molecule has 0 spiro atoms. The number of hydrogen-bond donors (Lipinski definition) is 4. The Balaban J connectivity index is 1.59. The van der Waals surface area contributed by atoms with Crippen LogP contribution in [0.2, 0.25) is 0 Å². The van der Waals surface area contributed by atoms with Crippen LogP contribution in [0.3, 0.4) is 0 Å². The molecule has 4 N–H and O–H groups in total. The van der Waals surface area contributed by atoms with Crippen molar-refractivity contribution in [2.45, 2.75) is 31.7 Å². The zero-order valence-electron chi connectivity index (χ0n) is 10.4. The summed E-state index contributed by atoms with van der Waals surface area (Å²) < 4.78 is 0. The van der Waals surface area contributed by atoms with Crippen LogP contribution in [0.25, 0.3) is 0 Å². The van der Waals surface area contributed by atoms with Gasteiger partial charge in [-0.3, -0.25) is 0 Å². The maximum absolute atomic E-state index is 11.7. The van der Waals surface area contributed by atoms with Gasteiger partial charge in [0.25, 0.3) is 0 Å². The lowest BCUT2D eigenvalue weighted by Gasteiger charge is -2.26. The molecule has 1 unspecified atom stereocenters. The lowest BCUT2D eigenvalue weighted by atomic mass is 9.98. The second-order valence-electron chi connectivity index (χ2n) is 5.09. The molecule has 0 aliphatic carbocycles. The molecule has 2 saturated heterocycles. The summed E-state index contributed by atoms with van der Waals surface area (Å²) in [4.78, 5) is 11.7. The van der Waals surface area contributed by atoms with E-state index < -0.39 is 0 Å². The quantitative estimate of drug-likeness (QED) is 0.563. The Morgan fingerprint density at radius 1 is 1.12 bits per heavy atom. The van der Waals surface area contributed by atoms with Crippen LogP contribution in [0.4, 0.5) is 4.79 Å². The van der Waals surface area contributed by atoms with Crippen LogP contribution in [0.1, 0.15) is 25.7 Å². The van der Waals surface area contributed by atoms with Crippen LogP contribution >= 0.6 is 0 Å². The zero-order chi connectivity index (χ0) is 11.9. The van der Waals surface area contributed by atoms with Crippen LogP contribution in [0.5, 0.6) is 0 Å². The van der Waals surface area contributed by atoms with Gasteiger partial charge >= 0.3 is 6.03 Å². The molecule has 2 aliphatic rings. The molecule has 0 saturated carbocycles. The standard InChI is InChI=1S/C12H24N4O/c17-12(16-11-2-1-5-14-9-11)15-8-10-3-6-13-7-4-10/h10-11,13-14H,1-9H2,(H2,15,16,17). The molecule has 5 heteroatoms. The summed E-state index contributed by atoms with van der Waals surface area (Å²) in [7, 11) is 0. The first-order valence-electron chi connectivity index (χ1n) is 6.80. The maximum atomic E-state index is 11.7. The molecule has 2 fully saturated rings. The molecule has 5 nitrogen and oxygen atoms in total. The fraction of sp³-hybridized carbons (Fsp3) is 0.917. The SMILES string of the molecule is O=C(NCC1CCNCC1)NC1CCCNC1. The minimum absolute atomic E-state index is 0.00256. The van der Waals surface area contributed by atoms with Gasteiger partial charge < -0.3 is 21.3 Å². The van der Waals surface area contributed by atoms with Gasteiger partial charge in [0.2, 0.25) is 0 Å². The Bertz CT molecular complexity index is 235. The van der Waals surface area contributed by atoms with Gasteiger partial charge in [0.15, 0.2) is 0 Å². The van der Waals surface area contributed by atoms with Gasteiger partial charge in [-0.25, -0.2) is 4.79 Å². The molecule has 0 aromatic carbocycles. The first-order chi connectivity index (χ1) is 8.34. The molecular formula is C12H24N4O. The summed E-state index contributed by atoms with van der Waals surface area (Å²) in [5.41, 5.74) is 0. The summed E-state index contributed by atoms with van der Waals surface area (Å²) in [6.45, 7) is 4.96. The van der Waals surface area contributed by atoms with Gasteiger partial charge in [-0.2, -0.15) is 0 Å². The van der Waals surface area contributed by atoms with Crippen molar-refractivity contribution in [3.63, 3.8) is 0 Å². The number of hydrogen-bond acceptors (Lipinski definition) is 3. The van der Waals surface area contributed by atoms with E-state index in [1.165, 1.54) is 12.8 Å². The third-order valence-electron chi connectivity index (χ3n) is 3.64. The summed E-state index contributed by atoms with van der Waals surface area (Å²) in [6.07, 6.45) is 4.59. The van der Waals surface area contributed by atoms with Gasteiger partial charge in [-0.15, -0.1) is 0 Å². The average molecular weight is 240 g/mol. The average Bonchev–Trinajstić information content (AvgIpc) is 2.39. The Morgan fingerprint density at radius 3 is 2.65 bits per heavy atom. The fourth-order valence-electron chi connectivity index (χ4n) is 2.53. The van der Waals surface area contributed by atoms with Crippen molar-refractivity contribution in [2.75, 3.05) is 32.7 Å². The van der Waals surface area contributed by atoms with Gasteiger partial charge in [-0.1, -0.05) is 0 Å². The molecule has 0 aromatic rings.